The Balaban J connectivity index is 1.63. The molecule has 0 bridgehead atoms. The molecule has 5 nitrogen and oxygen atoms in total. The van der Waals surface area contributed by atoms with Crippen molar-refractivity contribution in [2.24, 2.45) is 0 Å². The first kappa shape index (κ1) is 17.6. The van der Waals surface area contributed by atoms with Crippen LogP contribution in [0.4, 0.5) is 0 Å². The number of hydrogen-bond donors (Lipinski definition) is 0. The van der Waals surface area contributed by atoms with Crippen molar-refractivity contribution in [3.63, 3.8) is 0 Å². The Bertz CT molecular complexity index is 1100. The van der Waals surface area contributed by atoms with Crippen LogP contribution in [0, 0.1) is 0 Å². The Hall–Kier alpha value is -3.54. The van der Waals surface area contributed by atoms with Crippen LogP contribution in [0.2, 0.25) is 0 Å². The number of para-hydroxylation sites is 1. The summed E-state index contributed by atoms with van der Waals surface area (Å²) >= 11 is 0. The topological polar surface area (TPSA) is 47.8 Å². The zero-order valence-corrected chi connectivity index (χ0v) is 16.0. The maximum Gasteiger partial charge on any atom is 0.682 e. The molecule has 0 saturated carbocycles. The standard InChI is InChI=1S/C23H20BNO4/c1-27-20-13-11-19(12-14-20)24-25(16-18-9-5-6-10-22(18)28-24)21(23(26)29-24)15-17-7-3-2-4-8-17/h2-14,16,21H,15H2,1H3. The molecule has 3 aromatic carbocycles. The highest BCUT2D eigenvalue weighted by Gasteiger charge is 2.61. The summed E-state index contributed by atoms with van der Waals surface area (Å²) in [7, 11) is 1.62. The number of fused-ring (bicyclic) bond motifs is 2. The van der Waals surface area contributed by atoms with E-state index in [-0.39, 0.29) is 5.97 Å². The van der Waals surface area contributed by atoms with E-state index in [1.165, 1.54) is 0 Å². The maximum atomic E-state index is 13.0. The Morgan fingerprint density at radius 3 is 2.41 bits per heavy atom. The van der Waals surface area contributed by atoms with Crippen LogP contribution in [0.25, 0.3) is 0 Å². The highest BCUT2D eigenvalue weighted by molar-refractivity contribution is 6.77. The molecule has 0 aromatic heterocycles. The first-order valence-electron chi connectivity index (χ1n) is 9.66. The zero-order valence-electron chi connectivity index (χ0n) is 16.0. The fourth-order valence-corrected chi connectivity index (χ4v) is 4.14. The lowest BCUT2D eigenvalue weighted by Crippen LogP contribution is -2.64. The molecule has 2 aliphatic rings. The van der Waals surface area contributed by atoms with Gasteiger partial charge in [-0.15, -0.1) is 0 Å². The van der Waals surface area contributed by atoms with Crippen LogP contribution >= 0.6 is 0 Å². The lowest BCUT2D eigenvalue weighted by Gasteiger charge is -2.35. The Kier molecular flexibility index (Phi) is 4.12. The van der Waals surface area contributed by atoms with Gasteiger partial charge in [0.1, 0.15) is 12.0 Å². The highest BCUT2D eigenvalue weighted by Crippen LogP contribution is 2.32. The van der Waals surface area contributed by atoms with E-state index in [0.717, 1.165) is 22.3 Å². The third-order valence-corrected chi connectivity index (χ3v) is 5.60. The number of methoxy groups -OCH3 is 1. The van der Waals surface area contributed by atoms with Gasteiger partial charge in [0.15, 0.2) is 0 Å². The van der Waals surface area contributed by atoms with Crippen LogP contribution in [0.15, 0.2) is 78.9 Å². The predicted octanol–water partition coefficient (Wildman–Crippen LogP) is 2.53. The summed E-state index contributed by atoms with van der Waals surface area (Å²) in [6, 6.07) is 24.7. The number of rotatable bonds is 4. The summed E-state index contributed by atoms with van der Waals surface area (Å²) in [5.41, 5.74) is 2.79. The van der Waals surface area contributed by atoms with Gasteiger partial charge < -0.3 is 18.5 Å². The molecule has 0 radical (unpaired) electrons. The van der Waals surface area contributed by atoms with E-state index in [2.05, 4.69) is 0 Å². The van der Waals surface area contributed by atoms with Crippen LogP contribution in [0.5, 0.6) is 11.5 Å². The molecule has 2 heterocycles. The molecule has 3 aromatic rings. The van der Waals surface area contributed by atoms with Gasteiger partial charge in [-0.05, 0) is 35.3 Å². The lowest BCUT2D eigenvalue weighted by molar-refractivity contribution is -0.432. The number of nitrogens with zero attached hydrogens (tertiary/aromatic N) is 1. The average molecular weight is 385 g/mol. The molecule has 1 fully saturated rings. The molecule has 2 unspecified atom stereocenters. The second kappa shape index (κ2) is 6.81. The van der Waals surface area contributed by atoms with E-state index in [1.807, 2.05) is 89.6 Å². The van der Waals surface area contributed by atoms with Crippen LogP contribution in [0.1, 0.15) is 11.1 Å². The first-order valence-corrected chi connectivity index (χ1v) is 9.66. The lowest BCUT2D eigenvalue weighted by atomic mass is 9.62. The normalized spacial score (nSPS) is 22.0. The number of carbonyl (C=O) groups excluding carboxylic acids is 1. The molecule has 0 spiro atoms. The minimum atomic E-state index is -2.18. The van der Waals surface area contributed by atoms with Gasteiger partial charge in [0, 0.05) is 6.42 Å². The fraction of sp³-hybridized carbons (Fsp3) is 0.130. The van der Waals surface area contributed by atoms with E-state index in [0.29, 0.717) is 12.2 Å². The van der Waals surface area contributed by atoms with Crippen LogP contribution in [-0.4, -0.2) is 36.5 Å². The van der Waals surface area contributed by atoms with Crippen molar-refractivity contribution >= 4 is 24.3 Å². The monoisotopic (exact) mass is 385 g/mol. The molecule has 2 atom stereocenters. The predicted molar refractivity (Wildman–Crippen MR) is 111 cm³/mol. The SMILES string of the molecule is COc1ccc([B-]23OC(=O)C(Cc4ccccc4)[N+]2=Cc2ccccc2O3)cc1. The van der Waals surface area contributed by atoms with Gasteiger partial charge in [-0.3, -0.25) is 0 Å². The molecule has 1 saturated heterocycles. The fourth-order valence-electron chi connectivity index (χ4n) is 4.14. The smallest absolute Gasteiger partial charge is 0.618 e. The minimum Gasteiger partial charge on any atom is -0.618 e. The van der Waals surface area contributed by atoms with Crippen molar-refractivity contribution in [1.29, 1.82) is 0 Å². The number of benzene rings is 3. The van der Waals surface area contributed by atoms with Crippen molar-refractivity contribution in [3.8, 4) is 11.5 Å². The Morgan fingerprint density at radius 1 is 0.931 bits per heavy atom. The second-order valence-corrected chi connectivity index (χ2v) is 7.32. The van der Waals surface area contributed by atoms with Gasteiger partial charge in [-0.2, -0.15) is 0 Å². The molecule has 0 aliphatic carbocycles. The number of hydrogen-bond acceptors (Lipinski definition) is 4. The molecule has 0 N–H and O–H groups in total. The highest BCUT2D eigenvalue weighted by atomic mass is 16.7. The number of carbonyl (C=O) groups is 1. The summed E-state index contributed by atoms with van der Waals surface area (Å²) in [5.74, 6) is 1.15. The summed E-state index contributed by atoms with van der Waals surface area (Å²) in [6.45, 7) is -2.18. The zero-order chi connectivity index (χ0) is 19.8. The first-order chi connectivity index (χ1) is 14.2. The largest absolute Gasteiger partial charge is 0.682 e. The van der Waals surface area contributed by atoms with Gasteiger partial charge in [0.25, 0.3) is 0 Å². The van der Waals surface area contributed by atoms with E-state index < -0.39 is 12.7 Å². The maximum absolute atomic E-state index is 13.0. The molecule has 5 rings (SSSR count). The van der Waals surface area contributed by atoms with Crippen LogP contribution in [0.3, 0.4) is 0 Å². The Labute approximate surface area is 169 Å². The quantitative estimate of drug-likeness (QED) is 0.648. The average Bonchev–Trinajstić information content (AvgIpc) is 3.04. The van der Waals surface area contributed by atoms with Gasteiger partial charge >= 0.3 is 12.7 Å². The van der Waals surface area contributed by atoms with E-state index in [4.69, 9.17) is 14.0 Å². The van der Waals surface area contributed by atoms with Crippen molar-refractivity contribution in [2.45, 2.75) is 12.5 Å². The molecule has 2 aliphatic heterocycles. The Morgan fingerprint density at radius 2 is 1.66 bits per heavy atom. The molecule has 29 heavy (non-hydrogen) atoms. The van der Waals surface area contributed by atoms with Gasteiger partial charge in [-0.1, -0.05) is 54.6 Å². The van der Waals surface area contributed by atoms with E-state index >= 15 is 0 Å². The second-order valence-electron chi connectivity index (χ2n) is 7.32. The summed E-state index contributed by atoms with van der Waals surface area (Å²) < 4.78 is 19.7. The molecule has 0 amide bonds. The van der Waals surface area contributed by atoms with Crippen molar-refractivity contribution < 1.29 is 23.3 Å². The van der Waals surface area contributed by atoms with E-state index in [9.17, 15) is 4.79 Å². The molecule has 144 valence electrons. The van der Waals surface area contributed by atoms with Gasteiger partial charge in [0.2, 0.25) is 6.04 Å². The number of ether oxygens (including phenoxy) is 1. The summed E-state index contributed by atoms with van der Waals surface area (Å²) in [4.78, 5) is 13.0. The van der Waals surface area contributed by atoms with Crippen molar-refractivity contribution in [3.05, 3.63) is 90.0 Å². The van der Waals surface area contributed by atoms with E-state index in [1.54, 1.807) is 7.11 Å². The third kappa shape index (κ3) is 2.88. The van der Waals surface area contributed by atoms with Crippen LogP contribution < -0.4 is 14.9 Å². The third-order valence-electron chi connectivity index (χ3n) is 5.60. The summed E-state index contributed by atoms with van der Waals surface area (Å²) in [5, 5.41) is 0. The van der Waals surface area contributed by atoms with Crippen molar-refractivity contribution in [1.82, 2.24) is 0 Å². The minimum absolute atomic E-state index is 0.284. The van der Waals surface area contributed by atoms with Gasteiger partial charge in [0.05, 0.1) is 18.4 Å². The molecular weight excluding hydrogens is 365 g/mol. The van der Waals surface area contributed by atoms with Crippen molar-refractivity contribution in [2.75, 3.05) is 7.11 Å². The molecular formula is C23H20BNO4. The summed E-state index contributed by atoms with van der Waals surface area (Å²) in [6.07, 6.45) is 2.53. The van der Waals surface area contributed by atoms with Gasteiger partial charge in [-0.25, -0.2) is 4.79 Å². The molecule has 6 heteroatoms. The van der Waals surface area contributed by atoms with Crippen LogP contribution in [-0.2, 0) is 15.9 Å².